The minimum Gasteiger partial charge on any atom is -0.316 e. The molecule has 2 fully saturated rings. The van der Waals surface area contributed by atoms with Crippen LogP contribution in [0.3, 0.4) is 0 Å². The lowest BCUT2D eigenvalue weighted by Crippen LogP contribution is -2.28. The minimum atomic E-state index is 0.903. The average molecular weight is 194 g/mol. The van der Waals surface area contributed by atoms with Crippen LogP contribution >= 0.6 is 0 Å². The summed E-state index contributed by atoms with van der Waals surface area (Å²) in [5.41, 5.74) is 0. The van der Waals surface area contributed by atoms with Gasteiger partial charge in [-0.05, 0) is 51.2 Å². The van der Waals surface area contributed by atoms with Crippen molar-refractivity contribution in [3.05, 3.63) is 12.7 Å². The first-order chi connectivity index (χ1) is 6.90. The van der Waals surface area contributed by atoms with Gasteiger partial charge in [0, 0.05) is 12.6 Å². The zero-order valence-corrected chi connectivity index (χ0v) is 9.04. The summed E-state index contributed by atoms with van der Waals surface area (Å²) in [6, 6.07) is 0.966. The summed E-state index contributed by atoms with van der Waals surface area (Å²) in [5, 5.41) is 3.51. The minimum absolute atomic E-state index is 0.903. The third-order valence-electron chi connectivity index (χ3n) is 3.34. The van der Waals surface area contributed by atoms with E-state index in [0.717, 1.165) is 24.9 Å². The zero-order valence-electron chi connectivity index (χ0n) is 9.04. The number of likely N-dealkylation sites (tertiary alicyclic amines) is 1. The van der Waals surface area contributed by atoms with Crippen LogP contribution in [0, 0.1) is 5.92 Å². The number of hydrogen-bond acceptors (Lipinski definition) is 2. The first-order valence-electron chi connectivity index (χ1n) is 5.96. The molecule has 0 radical (unpaired) electrons. The van der Waals surface area contributed by atoms with E-state index in [9.17, 15) is 0 Å². The maximum Gasteiger partial charge on any atom is 0.00965 e. The van der Waals surface area contributed by atoms with E-state index in [2.05, 4.69) is 16.8 Å². The SMILES string of the molecule is C=CCCNCC1CCN(C2CC2)C1. The van der Waals surface area contributed by atoms with Gasteiger partial charge in [-0.15, -0.1) is 6.58 Å². The molecular weight excluding hydrogens is 172 g/mol. The van der Waals surface area contributed by atoms with E-state index in [1.54, 1.807) is 0 Å². The highest BCUT2D eigenvalue weighted by atomic mass is 15.2. The van der Waals surface area contributed by atoms with Gasteiger partial charge in [0.1, 0.15) is 0 Å². The van der Waals surface area contributed by atoms with Crippen LogP contribution in [0.25, 0.3) is 0 Å². The monoisotopic (exact) mass is 194 g/mol. The van der Waals surface area contributed by atoms with Gasteiger partial charge in [0.15, 0.2) is 0 Å². The molecular formula is C12H22N2. The smallest absolute Gasteiger partial charge is 0.00965 e. The first-order valence-corrected chi connectivity index (χ1v) is 5.96. The molecule has 1 aliphatic carbocycles. The molecule has 1 saturated carbocycles. The van der Waals surface area contributed by atoms with Crippen LogP contribution in [-0.2, 0) is 0 Å². The van der Waals surface area contributed by atoms with E-state index in [1.807, 2.05) is 6.08 Å². The first kappa shape index (κ1) is 10.2. The lowest BCUT2D eigenvalue weighted by Gasteiger charge is -2.14. The van der Waals surface area contributed by atoms with E-state index in [0.29, 0.717) is 0 Å². The predicted molar refractivity (Wildman–Crippen MR) is 60.4 cm³/mol. The molecule has 0 spiro atoms. The fourth-order valence-electron chi connectivity index (χ4n) is 2.31. The van der Waals surface area contributed by atoms with Gasteiger partial charge in [-0.1, -0.05) is 6.08 Å². The van der Waals surface area contributed by atoms with E-state index in [1.165, 1.54) is 38.9 Å². The summed E-state index contributed by atoms with van der Waals surface area (Å²) >= 11 is 0. The molecule has 1 unspecified atom stereocenters. The highest BCUT2D eigenvalue weighted by Gasteiger charge is 2.33. The molecule has 0 aromatic heterocycles. The van der Waals surface area contributed by atoms with E-state index in [4.69, 9.17) is 0 Å². The Bertz CT molecular complexity index is 187. The lowest BCUT2D eigenvalue weighted by atomic mass is 10.1. The molecule has 80 valence electrons. The molecule has 0 aromatic rings. The Morgan fingerprint density at radius 2 is 2.21 bits per heavy atom. The summed E-state index contributed by atoms with van der Waals surface area (Å²) in [4.78, 5) is 2.68. The molecule has 0 bridgehead atoms. The van der Waals surface area contributed by atoms with Crippen molar-refractivity contribution in [3.8, 4) is 0 Å². The van der Waals surface area contributed by atoms with E-state index < -0.39 is 0 Å². The second-order valence-electron chi connectivity index (χ2n) is 4.66. The maximum absolute atomic E-state index is 3.73. The Balaban J connectivity index is 1.56. The summed E-state index contributed by atoms with van der Waals surface area (Å²) < 4.78 is 0. The van der Waals surface area contributed by atoms with Gasteiger partial charge in [-0.3, -0.25) is 0 Å². The van der Waals surface area contributed by atoms with Crippen LogP contribution in [0.2, 0.25) is 0 Å². The van der Waals surface area contributed by atoms with E-state index >= 15 is 0 Å². The third kappa shape index (κ3) is 2.82. The van der Waals surface area contributed by atoms with Crippen LogP contribution in [0.15, 0.2) is 12.7 Å². The van der Waals surface area contributed by atoms with Gasteiger partial charge >= 0.3 is 0 Å². The summed E-state index contributed by atoms with van der Waals surface area (Å²) in [6.45, 7) is 8.72. The van der Waals surface area contributed by atoms with Crippen LogP contribution in [0.5, 0.6) is 0 Å². The van der Waals surface area contributed by atoms with Gasteiger partial charge < -0.3 is 10.2 Å². The molecule has 1 aliphatic heterocycles. The van der Waals surface area contributed by atoms with Gasteiger partial charge in [0.2, 0.25) is 0 Å². The number of rotatable bonds is 6. The molecule has 1 heterocycles. The van der Waals surface area contributed by atoms with Crippen LogP contribution in [-0.4, -0.2) is 37.1 Å². The molecule has 0 amide bonds. The van der Waals surface area contributed by atoms with Crippen molar-refractivity contribution in [1.82, 2.24) is 10.2 Å². The normalized spacial score (nSPS) is 28.1. The number of nitrogens with zero attached hydrogens (tertiary/aromatic N) is 1. The Morgan fingerprint density at radius 3 is 2.93 bits per heavy atom. The van der Waals surface area contributed by atoms with Gasteiger partial charge in [0.25, 0.3) is 0 Å². The molecule has 2 nitrogen and oxygen atoms in total. The number of nitrogens with one attached hydrogen (secondary N) is 1. The van der Waals surface area contributed by atoms with Crippen molar-refractivity contribution in [1.29, 1.82) is 0 Å². The molecule has 2 heteroatoms. The molecule has 2 aliphatic rings. The van der Waals surface area contributed by atoms with Crippen molar-refractivity contribution in [2.45, 2.75) is 31.7 Å². The van der Waals surface area contributed by atoms with Crippen molar-refractivity contribution in [3.63, 3.8) is 0 Å². The summed E-state index contributed by atoms with van der Waals surface area (Å²) in [6.07, 6.45) is 7.39. The van der Waals surface area contributed by atoms with Crippen LogP contribution < -0.4 is 5.32 Å². The highest BCUT2D eigenvalue weighted by molar-refractivity contribution is 4.89. The standard InChI is InChI=1S/C12H22N2/c1-2-3-7-13-9-11-6-8-14(10-11)12-4-5-12/h2,11-13H,1,3-10H2. The van der Waals surface area contributed by atoms with Crippen molar-refractivity contribution >= 4 is 0 Å². The second-order valence-corrected chi connectivity index (χ2v) is 4.66. The largest absolute Gasteiger partial charge is 0.316 e. The van der Waals surface area contributed by atoms with Crippen molar-refractivity contribution in [2.24, 2.45) is 5.92 Å². The molecule has 1 N–H and O–H groups in total. The van der Waals surface area contributed by atoms with Gasteiger partial charge in [0.05, 0.1) is 0 Å². The predicted octanol–water partition coefficient (Wildman–Crippen LogP) is 1.64. The highest BCUT2D eigenvalue weighted by Crippen LogP contribution is 2.31. The van der Waals surface area contributed by atoms with Gasteiger partial charge in [-0.2, -0.15) is 0 Å². The van der Waals surface area contributed by atoms with Crippen molar-refractivity contribution in [2.75, 3.05) is 26.2 Å². The Morgan fingerprint density at radius 1 is 1.36 bits per heavy atom. The second kappa shape index (κ2) is 4.94. The number of hydrogen-bond donors (Lipinski definition) is 1. The molecule has 1 atom stereocenters. The fraction of sp³-hybridized carbons (Fsp3) is 0.833. The molecule has 1 saturated heterocycles. The topological polar surface area (TPSA) is 15.3 Å². The molecule has 14 heavy (non-hydrogen) atoms. The summed E-state index contributed by atoms with van der Waals surface area (Å²) in [5.74, 6) is 0.903. The van der Waals surface area contributed by atoms with Crippen molar-refractivity contribution < 1.29 is 0 Å². The summed E-state index contributed by atoms with van der Waals surface area (Å²) in [7, 11) is 0. The average Bonchev–Trinajstić information content (AvgIpc) is 2.94. The quantitative estimate of drug-likeness (QED) is 0.511. The van der Waals surface area contributed by atoms with Crippen LogP contribution in [0.4, 0.5) is 0 Å². The van der Waals surface area contributed by atoms with E-state index in [-0.39, 0.29) is 0 Å². The molecule has 0 aromatic carbocycles. The zero-order chi connectivity index (χ0) is 9.80. The fourth-order valence-corrected chi connectivity index (χ4v) is 2.31. The van der Waals surface area contributed by atoms with Crippen LogP contribution in [0.1, 0.15) is 25.7 Å². The third-order valence-corrected chi connectivity index (χ3v) is 3.34. The Kier molecular flexibility index (Phi) is 3.60. The Hall–Kier alpha value is -0.340. The molecule has 2 rings (SSSR count). The lowest BCUT2D eigenvalue weighted by molar-refractivity contribution is 0.312. The Labute approximate surface area is 87.4 Å². The maximum atomic E-state index is 3.73. The van der Waals surface area contributed by atoms with Gasteiger partial charge in [-0.25, -0.2) is 0 Å².